The maximum Gasteiger partial charge on any atom is 0.108 e. The summed E-state index contributed by atoms with van der Waals surface area (Å²) in [6.07, 6.45) is 5.85. The van der Waals surface area contributed by atoms with Gasteiger partial charge in [-0.1, -0.05) is 42.0 Å². The molecule has 0 saturated heterocycles. The van der Waals surface area contributed by atoms with Crippen LogP contribution >= 0.6 is 0 Å². The SMILES string of the molecule is Cc1ccc2[nH]c3c(c2c1)CC(C)OC31CCC(C(c2ccccc2)N(C)C)CC1. The molecule has 1 aliphatic carbocycles. The van der Waals surface area contributed by atoms with E-state index in [2.05, 4.69) is 86.4 Å². The van der Waals surface area contributed by atoms with Gasteiger partial charge in [-0.3, -0.25) is 0 Å². The van der Waals surface area contributed by atoms with Crippen LogP contribution in [0.1, 0.15) is 61.0 Å². The summed E-state index contributed by atoms with van der Waals surface area (Å²) in [5.74, 6) is 0.656. The van der Waals surface area contributed by atoms with E-state index in [-0.39, 0.29) is 11.7 Å². The van der Waals surface area contributed by atoms with Gasteiger partial charge in [0, 0.05) is 23.4 Å². The summed E-state index contributed by atoms with van der Waals surface area (Å²) in [5.41, 5.74) is 6.74. The molecule has 1 N–H and O–H groups in total. The van der Waals surface area contributed by atoms with Crippen LogP contribution in [0.4, 0.5) is 0 Å². The summed E-state index contributed by atoms with van der Waals surface area (Å²) in [6, 6.07) is 18.3. The van der Waals surface area contributed by atoms with Gasteiger partial charge in [0.1, 0.15) is 5.60 Å². The highest BCUT2D eigenvalue weighted by atomic mass is 16.5. The maximum absolute atomic E-state index is 6.75. The zero-order chi connectivity index (χ0) is 20.9. The fourth-order valence-electron chi connectivity index (χ4n) is 6.17. The van der Waals surface area contributed by atoms with Crippen molar-refractivity contribution in [3.8, 4) is 0 Å². The van der Waals surface area contributed by atoms with Crippen molar-refractivity contribution in [3.05, 3.63) is 70.9 Å². The molecular formula is C27H34N2O. The molecule has 1 fully saturated rings. The van der Waals surface area contributed by atoms with Crippen LogP contribution in [0, 0.1) is 12.8 Å². The highest BCUT2D eigenvalue weighted by Crippen LogP contribution is 2.51. The molecule has 158 valence electrons. The van der Waals surface area contributed by atoms with Gasteiger partial charge in [-0.15, -0.1) is 0 Å². The number of aryl methyl sites for hydroxylation is 1. The van der Waals surface area contributed by atoms with E-state index in [0.29, 0.717) is 12.0 Å². The summed E-state index contributed by atoms with van der Waals surface area (Å²) in [6.45, 7) is 4.44. The molecule has 3 aromatic rings. The molecule has 2 aromatic carbocycles. The molecule has 30 heavy (non-hydrogen) atoms. The molecule has 0 radical (unpaired) electrons. The number of fused-ring (bicyclic) bond motifs is 4. The van der Waals surface area contributed by atoms with Gasteiger partial charge in [-0.05, 0) is 82.8 Å². The van der Waals surface area contributed by atoms with Gasteiger partial charge < -0.3 is 14.6 Å². The molecule has 2 heterocycles. The summed E-state index contributed by atoms with van der Waals surface area (Å²) in [4.78, 5) is 6.19. The number of hydrogen-bond donors (Lipinski definition) is 1. The lowest BCUT2D eigenvalue weighted by molar-refractivity contribution is -0.135. The molecule has 0 amide bonds. The van der Waals surface area contributed by atoms with Crippen LogP contribution in [0.3, 0.4) is 0 Å². The van der Waals surface area contributed by atoms with Crippen LogP contribution in [-0.4, -0.2) is 30.1 Å². The number of ether oxygens (including phenoxy) is 1. The number of aromatic nitrogens is 1. The normalized spacial score (nSPS) is 27.5. The van der Waals surface area contributed by atoms with Crippen molar-refractivity contribution >= 4 is 10.9 Å². The number of rotatable bonds is 3. The smallest absolute Gasteiger partial charge is 0.108 e. The quantitative estimate of drug-likeness (QED) is 0.571. The van der Waals surface area contributed by atoms with Gasteiger partial charge in [0.05, 0.1) is 11.8 Å². The van der Waals surface area contributed by atoms with Crippen LogP contribution in [0.15, 0.2) is 48.5 Å². The Bertz CT molecular complexity index is 1030. The van der Waals surface area contributed by atoms with Crippen LogP contribution < -0.4 is 0 Å². The number of nitrogens with zero attached hydrogens (tertiary/aromatic N) is 1. The summed E-state index contributed by atoms with van der Waals surface area (Å²) in [5, 5.41) is 1.40. The van der Waals surface area contributed by atoms with E-state index in [1.54, 1.807) is 0 Å². The zero-order valence-corrected chi connectivity index (χ0v) is 18.7. The first kappa shape index (κ1) is 19.8. The van der Waals surface area contributed by atoms with Crippen molar-refractivity contribution in [3.63, 3.8) is 0 Å². The standard InChI is InChI=1S/C27H34N2O/c1-18-10-11-24-22(16-18)23-17-19(2)30-27(26(23)28-24)14-12-21(13-15-27)25(29(3)4)20-8-6-5-7-9-20/h5-11,16,19,21,25,28H,12-15,17H2,1-4H3. The third kappa shape index (κ3) is 3.29. The van der Waals surface area contributed by atoms with Crippen molar-refractivity contribution in [2.24, 2.45) is 5.92 Å². The van der Waals surface area contributed by atoms with Crippen molar-refractivity contribution in [1.82, 2.24) is 9.88 Å². The summed E-state index contributed by atoms with van der Waals surface area (Å²) in [7, 11) is 4.44. The van der Waals surface area contributed by atoms with E-state index in [1.807, 2.05) is 0 Å². The molecular weight excluding hydrogens is 368 g/mol. The third-order valence-corrected chi connectivity index (χ3v) is 7.42. The van der Waals surface area contributed by atoms with E-state index in [4.69, 9.17) is 4.74 Å². The second-order valence-corrected chi connectivity index (χ2v) is 9.81. The Morgan fingerprint density at radius 3 is 2.50 bits per heavy atom. The van der Waals surface area contributed by atoms with Crippen LogP contribution in [0.25, 0.3) is 10.9 Å². The molecule has 1 spiro atoms. The number of hydrogen-bond acceptors (Lipinski definition) is 2. The molecule has 2 atom stereocenters. The summed E-state index contributed by atoms with van der Waals surface area (Å²) < 4.78 is 6.75. The fourth-order valence-corrected chi connectivity index (χ4v) is 6.17. The molecule has 3 heteroatoms. The molecule has 1 aromatic heterocycles. The predicted octanol–water partition coefficient (Wildman–Crippen LogP) is 6.13. The molecule has 0 bridgehead atoms. The minimum atomic E-state index is -0.149. The first-order chi connectivity index (χ1) is 14.5. The van der Waals surface area contributed by atoms with Gasteiger partial charge in [0.15, 0.2) is 0 Å². The minimum absolute atomic E-state index is 0.149. The average molecular weight is 403 g/mol. The second kappa shape index (κ2) is 7.55. The number of benzene rings is 2. The van der Waals surface area contributed by atoms with Gasteiger partial charge in [0.25, 0.3) is 0 Å². The monoisotopic (exact) mass is 402 g/mol. The van der Waals surface area contributed by atoms with E-state index in [9.17, 15) is 0 Å². The van der Waals surface area contributed by atoms with Crippen molar-refractivity contribution in [1.29, 1.82) is 0 Å². The van der Waals surface area contributed by atoms with Crippen LogP contribution in [0.2, 0.25) is 0 Å². The second-order valence-electron chi connectivity index (χ2n) is 9.81. The van der Waals surface area contributed by atoms with E-state index in [1.165, 1.54) is 46.1 Å². The number of H-pyrrole nitrogens is 1. The van der Waals surface area contributed by atoms with Crippen molar-refractivity contribution in [2.45, 2.75) is 63.7 Å². The lowest BCUT2D eigenvalue weighted by Gasteiger charge is -2.47. The third-order valence-electron chi connectivity index (χ3n) is 7.42. The van der Waals surface area contributed by atoms with E-state index >= 15 is 0 Å². The predicted molar refractivity (Wildman–Crippen MR) is 124 cm³/mol. The lowest BCUT2D eigenvalue weighted by Crippen LogP contribution is -2.43. The van der Waals surface area contributed by atoms with Gasteiger partial charge in [-0.25, -0.2) is 0 Å². The Balaban J connectivity index is 1.46. The van der Waals surface area contributed by atoms with Crippen molar-refractivity contribution < 1.29 is 4.74 Å². The molecule has 1 saturated carbocycles. The van der Waals surface area contributed by atoms with Gasteiger partial charge in [0.2, 0.25) is 0 Å². The highest BCUT2D eigenvalue weighted by molar-refractivity contribution is 5.86. The molecule has 2 unspecified atom stereocenters. The largest absolute Gasteiger partial charge is 0.365 e. The molecule has 2 aliphatic rings. The Labute approximate surface area is 180 Å². The zero-order valence-electron chi connectivity index (χ0n) is 18.7. The summed E-state index contributed by atoms with van der Waals surface area (Å²) >= 11 is 0. The van der Waals surface area contributed by atoms with E-state index < -0.39 is 0 Å². The number of aromatic amines is 1. The Hall–Kier alpha value is -2.10. The van der Waals surface area contributed by atoms with Crippen LogP contribution in [0.5, 0.6) is 0 Å². The van der Waals surface area contributed by atoms with Gasteiger partial charge >= 0.3 is 0 Å². The number of nitrogens with one attached hydrogen (secondary N) is 1. The minimum Gasteiger partial charge on any atom is -0.365 e. The lowest BCUT2D eigenvalue weighted by atomic mass is 9.71. The van der Waals surface area contributed by atoms with Gasteiger partial charge in [-0.2, -0.15) is 0 Å². The molecule has 5 rings (SSSR count). The molecule has 3 nitrogen and oxygen atoms in total. The Kier molecular flexibility index (Phi) is 4.99. The molecule has 1 aliphatic heterocycles. The van der Waals surface area contributed by atoms with Crippen molar-refractivity contribution in [2.75, 3.05) is 14.1 Å². The maximum atomic E-state index is 6.75. The average Bonchev–Trinajstić information content (AvgIpc) is 3.09. The first-order valence-electron chi connectivity index (χ1n) is 11.5. The topological polar surface area (TPSA) is 28.3 Å². The first-order valence-corrected chi connectivity index (χ1v) is 11.5. The van der Waals surface area contributed by atoms with Crippen LogP contribution in [-0.2, 0) is 16.8 Å². The highest BCUT2D eigenvalue weighted by Gasteiger charge is 2.46. The fraction of sp³-hybridized carbons (Fsp3) is 0.481. The Morgan fingerprint density at radius 1 is 1.07 bits per heavy atom. The van der Waals surface area contributed by atoms with E-state index in [0.717, 1.165) is 19.3 Å². The Morgan fingerprint density at radius 2 is 1.80 bits per heavy atom.